The summed E-state index contributed by atoms with van der Waals surface area (Å²) >= 11 is 0. The first-order chi connectivity index (χ1) is 13.5. The molecule has 7 heteroatoms. The maximum absolute atomic E-state index is 12.1. The van der Waals surface area contributed by atoms with Crippen molar-refractivity contribution in [1.82, 2.24) is 20.5 Å². The van der Waals surface area contributed by atoms with Crippen molar-refractivity contribution < 1.29 is 9.21 Å². The average molecular weight is 383 g/mol. The Morgan fingerprint density at radius 3 is 2.79 bits per heavy atom. The monoisotopic (exact) mass is 383 g/mol. The van der Waals surface area contributed by atoms with Crippen LogP contribution in [0.25, 0.3) is 11.3 Å². The second-order valence-electron chi connectivity index (χ2n) is 7.48. The molecule has 1 unspecified atom stereocenters. The molecule has 1 aromatic carbocycles. The highest BCUT2D eigenvalue weighted by Gasteiger charge is 2.28. The van der Waals surface area contributed by atoms with Crippen molar-refractivity contribution >= 4 is 11.9 Å². The SMILES string of the molecule is CN=C(NCc1ncc(-c2ccc(C)cc2)o1)NC1CCN(C(=O)C(C)C)C1. The predicted molar refractivity (Wildman–Crippen MR) is 110 cm³/mol. The Kier molecular flexibility index (Phi) is 6.34. The van der Waals surface area contributed by atoms with Crippen molar-refractivity contribution in [3.63, 3.8) is 0 Å². The lowest BCUT2D eigenvalue weighted by Crippen LogP contribution is -2.45. The molecule has 0 spiro atoms. The predicted octanol–water partition coefficient (Wildman–Crippen LogP) is 2.57. The van der Waals surface area contributed by atoms with Crippen LogP contribution >= 0.6 is 0 Å². The fourth-order valence-corrected chi connectivity index (χ4v) is 3.23. The molecule has 0 saturated carbocycles. The number of nitrogens with one attached hydrogen (secondary N) is 2. The number of aryl methyl sites for hydroxylation is 1. The molecule has 2 heterocycles. The quantitative estimate of drug-likeness (QED) is 0.612. The van der Waals surface area contributed by atoms with E-state index in [0.717, 1.165) is 24.3 Å². The van der Waals surface area contributed by atoms with Gasteiger partial charge in [0.15, 0.2) is 11.7 Å². The van der Waals surface area contributed by atoms with Gasteiger partial charge in [-0.25, -0.2) is 4.98 Å². The van der Waals surface area contributed by atoms with Crippen LogP contribution in [0.5, 0.6) is 0 Å². The second kappa shape index (κ2) is 8.91. The normalized spacial score (nSPS) is 17.2. The van der Waals surface area contributed by atoms with Gasteiger partial charge in [0.25, 0.3) is 0 Å². The van der Waals surface area contributed by atoms with E-state index in [0.29, 0.717) is 24.9 Å². The van der Waals surface area contributed by atoms with Crippen LogP contribution in [0.3, 0.4) is 0 Å². The summed E-state index contributed by atoms with van der Waals surface area (Å²) in [7, 11) is 1.73. The smallest absolute Gasteiger partial charge is 0.225 e. The van der Waals surface area contributed by atoms with E-state index in [-0.39, 0.29) is 17.9 Å². The molecule has 0 bridgehead atoms. The molecular weight excluding hydrogens is 354 g/mol. The highest BCUT2D eigenvalue weighted by atomic mass is 16.4. The van der Waals surface area contributed by atoms with Crippen molar-refractivity contribution in [3.8, 4) is 11.3 Å². The number of oxazole rings is 1. The molecule has 2 N–H and O–H groups in total. The second-order valence-corrected chi connectivity index (χ2v) is 7.48. The molecule has 150 valence electrons. The summed E-state index contributed by atoms with van der Waals surface area (Å²) in [5.41, 5.74) is 2.22. The Hall–Kier alpha value is -2.83. The molecule has 2 aromatic rings. The van der Waals surface area contributed by atoms with Crippen LogP contribution < -0.4 is 10.6 Å². The van der Waals surface area contributed by atoms with Crippen molar-refractivity contribution in [2.24, 2.45) is 10.9 Å². The molecule has 3 rings (SSSR count). The van der Waals surface area contributed by atoms with Crippen molar-refractivity contribution in [3.05, 3.63) is 41.9 Å². The van der Waals surface area contributed by atoms with Gasteiger partial charge in [0.05, 0.1) is 12.7 Å². The van der Waals surface area contributed by atoms with Crippen molar-refractivity contribution in [2.45, 2.75) is 39.8 Å². The first kappa shape index (κ1) is 19.9. The van der Waals surface area contributed by atoms with Gasteiger partial charge in [-0.05, 0) is 13.3 Å². The Balaban J connectivity index is 1.51. The number of benzene rings is 1. The molecule has 0 aliphatic carbocycles. The lowest BCUT2D eigenvalue weighted by Gasteiger charge is -2.20. The van der Waals surface area contributed by atoms with Crippen LogP contribution in [-0.4, -0.2) is 47.9 Å². The summed E-state index contributed by atoms with van der Waals surface area (Å²) in [6, 6.07) is 8.35. The van der Waals surface area contributed by atoms with Crippen LogP contribution in [-0.2, 0) is 11.3 Å². The van der Waals surface area contributed by atoms with Crippen molar-refractivity contribution in [1.29, 1.82) is 0 Å². The van der Waals surface area contributed by atoms with E-state index in [1.165, 1.54) is 5.56 Å². The molecule has 1 aromatic heterocycles. The average Bonchev–Trinajstić information content (AvgIpc) is 3.34. The van der Waals surface area contributed by atoms with E-state index in [4.69, 9.17) is 4.42 Å². The number of hydrogen-bond donors (Lipinski definition) is 2. The van der Waals surface area contributed by atoms with Crippen LogP contribution in [0.2, 0.25) is 0 Å². The molecule has 0 radical (unpaired) electrons. The number of hydrogen-bond acceptors (Lipinski definition) is 4. The van der Waals surface area contributed by atoms with Gasteiger partial charge in [-0.1, -0.05) is 43.7 Å². The third kappa shape index (κ3) is 4.91. The van der Waals surface area contributed by atoms with Crippen LogP contribution in [0.4, 0.5) is 0 Å². The number of aliphatic imine (C=N–C) groups is 1. The standard InChI is InChI=1S/C21H29N5O2/c1-14(2)20(27)26-10-9-17(13-26)25-21(22-4)24-12-19-23-11-18(28-19)16-7-5-15(3)6-8-16/h5-8,11,14,17H,9-10,12-13H2,1-4H3,(H2,22,24,25). The Labute approximate surface area is 166 Å². The Bertz CT molecular complexity index is 826. The van der Waals surface area contributed by atoms with Gasteiger partial charge >= 0.3 is 0 Å². The zero-order valence-electron chi connectivity index (χ0n) is 17.0. The molecule has 1 aliphatic heterocycles. The van der Waals surface area contributed by atoms with E-state index in [2.05, 4.69) is 39.7 Å². The molecular formula is C21H29N5O2. The third-order valence-electron chi connectivity index (χ3n) is 4.85. The molecule has 1 amide bonds. The summed E-state index contributed by atoms with van der Waals surface area (Å²) in [5.74, 6) is 2.26. The minimum atomic E-state index is 0.0314. The number of carbonyl (C=O) groups excluding carboxylic acids is 1. The third-order valence-corrected chi connectivity index (χ3v) is 4.85. The van der Waals surface area contributed by atoms with Crippen LogP contribution in [0.15, 0.2) is 39.9 Å². The summed E-state index contributed by atoms with van der Waals surface area (Å²) in [5, 5.41) is 6.61. The van der Waals surface area contributed by atoms with Gasteiger partial charge in [-0.15, -0.1) is 0 Å². The minimum absolute atomic E-state index is 0.0314. The van der Waals surface area contributed by atoms with E-state index >= 15 is 0 Å². The number of nitrogens with zero attached hydrogens (tertiary/aromatic N) is 3. The first-order valence-electron chi connectivity index (χ1n) is 9.74. The maximum Gasteiger partial charge on any atom is 0.225 e. The zero-order valence-corrected chi connectivity index (χ0v) is 17.0. The van der Waals surface area contributed by atoms with Crippen LogP contribution in [0.1, 0.15) is 31.7 Å². The fraction of sp³-hybridized carbons (Fsp3) is 0.476. The fourth-order valence-electron chi connectivity index (χ4n) is 3.23. The minimum Gasteiger partial charge on any atom is -0.439 e. The van der Waals surface area contributed by atoms with Crippen molar-refractivity contribution in [2.75, 3.05) is 20.1 Å². The van der Waals surface area contributed by atoms with Gasteiger partial charge in [0.1, 0.15) is 0 Å². The van der Waals surface area contributed by atoms with Gasteiger partial charge in [-0.3, -0.25) is 9.79 Å². The maximum atomic E-state index is 12.1. The Morgan fingerprint density at radius 1 is 1.36 bits per heavy atom. The van der Waals surface area contributed by atoms with Gasteiger partial charge < -0.3 is 20.0 Å². The number of guanidine groups is 1. The molecule has 28 heavy (non-hydrogen) atoms. The topological polar surface area (TPSA) is 82.8 Å². The first-order valence-corrected chi connectivity index (χ1v) is 9.74. The van der Waals surface area contributed by atoms with Gasteiger partial charge in [0, 0.05) is 37.7 Å². The van der Waals surface area contributed by atoms with Crippen LogP contribution in [0, 0.1) is 12.8 Å². The molecule has 1 aliphatic rings. The zero-order chi connectivity index (χ0) is 20.1. The largest absolute Gasteiger partial charge is 0.439 e. The molecule has 7 nitrogen and oxygen atoms in total. The number of carbonyl (C=O) groups is 1. The van der Waals surface area contributed by atoms with Gasteiger partial charge in [0.2, 0.25) is 11.8 Å². The van der Waals surface area contributed by atoms with E-state index in [1.807, 2.05) is 30.9 Å². The van der Waals surface area contributed by atoms with E-state index < -0.39 is 0 Å². The summed E-state index contributed by atoms with van der Waals surface area (Å²) < 4.78 is 5.84. The number of aromatic nitrogens is 1. The van der Waals surface area contributed by atoms with E-state index in [9.17, 15) is 4.79 Å². The van der Waals surface area contributed by atoms with Gasteiger partial charge in [-0.2, -0.15) is 0 Å². The Morgan fingerprint density at radius 2 is 2.11 bits per heavy atom. The highest BCUT2D eigenvalue weighted by molar-refractivity contribution is 5.81. The van der Waals surface area contributed by atoms with E-state index in [1.54, 1.807) is 13.2 Å². The molecule has 1 fully saturated rings. The number of amides is 1. The lowest BCUT2D eigenvalue weighted by atomic mass is 10.1. The molecule has 1 saturated heterocycles. The number of likely N-dealkylation sites (tertiary alicyclic amines) is 1. The summed E-state index contributed by atoms with van der Waals surface area (Å²) in [4.78, 5) is 22.7. The number of rotatable bonds is 5. The highest BCUT2D eigenvalue weighted by Crippen LogP contribution is 2.20. The summed E-state index contributed by atoms with van der Waals surface area (Å²) in [6.45, 7) is 7.85. The summed E-state index contributed by atoms with van der Waals surface area (Å²) in [6.07, 6.45) is 2.65. The molecule has 1 atom stereocenters. The lowest BCUT2D eigenvalue weighted by molar-refractivity contribution is -0.133.